The van der Waals surface area contributed by atoms with Crippen molar-refractivity contribution in [2.24, 2.45) is 7.05 Å². The molecule has 1 aromatic carbocycles. The molecule has 0 fully saturated rings. The molecule has 3 heterocycles. The SMILES string of the molecule is Cn1cc(C[C@@H](OC(=O)NCCc2ccccc2)C(=O)NC(C)(C)Cn2nc(C(F)(F)F)cc2-c2ccc[nH]c2=O)cn1. The molecular formula is C29H32F3N7O4. The number of nitrogens with one attached hydrogen (secondary N) is 3. The zero-order valence-corrected chi connectivity index (χ0v) is 23.8. The van der Waals surface area contributed by atoms with Gasteiger partial charge in [-0.3, -0.25) is 19.0 Å². The Morgan fingerprint density at radius 3 is 2.49 bits per heavy atom. The molecule has 0 aliphatic carbocycles. The Balaban J connectivity index is 1.50. The van der Waals surface area contributed by atoms with Gasteiger partial charge in [0.15, 0.2) is 11.8 Å². The van der Waals surface area contributed by atoms with Crippen molar-refractivity contribution in [3.05, 3.63) is 94.3 Å². The number of aromatic amines is 1. The van der Waals surface area contributed by atoms with Gasteiger partial charge in [0.2, 0.25) is 0 Å². The van der Waals surface area contributed by atoms with Gasteiger partial charge in [0.25, 0.3) is 11.5 Å². The van der Waals surface area contributed by atoms with Crippen molar-refractivity contribution in [2.75, 3.05) is 6.54 Å². The van der Waals surface area contributed by atoms with Crippen LogP contribution in [0.1, 0.15) is 30.7 Å². The summed E-state index contributed by atoms with van der Waals surface area (Å²) in [6.45, 7) is 3.21. The number of aromatic nitrogens is 5. The molecule has 0 unspecified atom stereocenters. The van der Waals surface area contributed by atoms with E-state index in [1.165, 1.54) is 29.2 Å². The van der Waals surface area contributed by atoms with Gasteiger partial charge in [0.05, 0.1) is 29.5 Å². The number of aryl methyl sites for hydroxylation is 1. The number of benzene rings is 1. The molecule has 4 rings (SSSR count). The second-order valence-corrected chi connectivity index (χ2v) is 10.6. The number of carbonyl (C=O) groups is 2. The average Bonchev–Trinajstić information content (AvgIpc) is 3.54. The number of halogens is 3. The number of amides is 2. The number of hydrogen-bond acceptors (Lipinski definition) is 6. The van der Waals surface area contributed by atoms with Gasteiger partial charge in [-0.2, -0.15) is 23.4 Å². The summed E-state index contributed by atoms with van der Waals surface area (Å²) in [5.41, 5.74) is -1.42. The lowest BCUT2D eigenvalue weighted by Crippen LogP contribution is -2.52. The Bertz CT molecular complexity index is 1610. The Kier molecular flexibility index (Phi) is 9.37. The molecule has 0 aliphatic rings. The van der Waals surface area contributed by atoms with Gasteiger partial charge in [-0.25, -0.2) is 4.79 Å². The molecule has 11 nitrogen and oxygen atoms in total. The van der Waals surface area contributed by atoms with E-state index in [9.17, 15) is 27.6 Å². The number of pyridine rings is 1. The second-order valence-electron chi connectivity index (χ2n) is 10.6. The third-order valence-corrected chi connectivity index (χ3v) is 6.42. The maximum atomic E-state index is 13.6. The van der Waals surface area contributed by atoms with Crippen LogP contribution in [0, 0.1) is 0 Å². The Morgan fingerprint density at radius 1 is 1.09 bits per heavy atom. The molecular weight excluding hydrogens is 567 g/mol. The predicted molar refractivity (Wildman–Crippen MR) is 151 cm³/mol. The van der Waals surface area contributed by atoms with E-state index in [2.05, 4.69) is 25.8 Å². The molecule has 3 N–H and O–H groups in total. The monoisotopic (exact) mass is 599 g/mol. The molecule has 1 atom stereocenters. The van der Waals surface area contributed by atoms with E-state index < -0.39 is 41.1 Å². The molecule has 14 heteroatoms. The van der Waals surface area contributed by atoms with Gasteiger partial charge < -0.3 is 20.4 Å². The first-order valence-corrected chi connectivity index (χ1v) is 13.4. The third kappa shape index (κ3) is 8.56. The summed E-state index contributed by atoms with van der Waals surface area (Å²) in [4.78, 5) is 40.9. The van der Waals surface area contributed by atoms with E-state index in [-0.39, 0.29) is 30.8 Å². The summed E-state index contributed by atoms with van der Waals surface area (Å²) >= 11 is 0. The van der Waals surface area contributed by atoms with Gasteiger partial charge in [-0.05, 0) is 49.6 Å². The van der Waals surface area contributed by atoms with E-state index in [4.69, 9.17) is 4.74 Å². The molecule has 43 heavy (non-hydrogen) atoms. The van der Waals surface area contributed by atoms with Crippen LogP contribution in [0.4, 0.5) is 18.0 Å². The Hall–Kier alpha value is -4.88. The van der Waals surface area contributed by atoms with Crippen molar-refractivity contribution in [2.45, 2.75) is 51.1 Å². The number of alkyl carbamates (subject to hydrolysis) is 1. The first-order chi connectivity index (χ1) is 20.3. The molecule has 0 bridgehead atoms. The molecule has 0 radical (unpaired) electrons. The topological polar surface area (TPSA) is 136 Å². The van der Waals surface area contributed by atoms with Crippen molar-refractivity contribution in [3.63, 3.8) is 0 Å². The van der Waals surface area contributed by atoms with Crippen LogP contribution in [0.2, 0.25) is 0 Å². The minimum absolute atomic E-state index is 0.00644. The van der Waals surface area contributed by atoms with Gasteiger partial charge >= 0.3 is 12.3 Å². The van der Waals surface area contributed by atoms with Crippen molar-refractivity contribution < 1.29 is 27.5 Å². The smallest absolute Gasteiger partial charge is 0.435 e. The van der Waals surface area contributed by atoms with Crippen LogP contribution in [0.3, 0.4) is 0 Å². The highest BCUT2D eigenvalue weighted by molar-refractivity contribution is 5.84. The predicted octanol–water partition coefficient (Wildman–Crippen LogP) is 3.47. The molecule has 0 spiro atoms. The van der Waals surface area contributed by atoms with Crippen molar-refractivity contribution >= 4 is 12.0 Å². The molecule has 3 aromatic heterocycles. The van der Waals surface area contributed by atoms with Crippen LogP contribution >= 0.6 is 0 Å². The molecule has 2 amide bonds. The van der Waals surface area contributed by atoms with Gasteiger partial charge in [0.1, 0.15) is 0 Å². The highest BCUT2D eigenvalue weighted by atomic mass is 19.4. The average molecular weight is 600 g/mol. The number of hydrogen-bond donors (Lipinski definition) is 3. The summed E-state index contributed by atoms with van der Waals surface area (Å²) in [7, 11) is 1.70. The Labute approximate surface area is 245 Å². The van der Waals surface area contributed by atoms with Crippen LogP contribution in [0.5, 0.6) is 0 Å². The minimum Gasteiger partial charge on any atom is -0.436 e. The zero-order valence-electron chi connectivity index (χ0n) is 23.8. The maximum absolute atomic E-state index is 13.6. The fourth-order valence-electron chi connectivity index (χ4n) is 4.45. The number of rotatable bonds is 11. The second kappa shape index (κ2) is 13.0. The number of carbonyl (C=O) groups excluding carboxylic acids is 2. The summed E-state index contributed by atoms with van der Waals surface area (Å²) in [6, 6.07) is 13.2. The molecule has 4 aromatic rings. The number of ether oxygens (including phenoxy) is 1. The summed E-state index contributed by atoms with van der Waals surface area (Å²) in [5, 5.41) is 13.2. The van der Waals surface area contributed by atoms with E-state index >= 15 is 0 Å². The maximum Gasteiger partial charge on any atom is 0.435 e. The lowest BCUT2D eigenvalue weighted by molar-refractivity contribution is -0.141. The lowest BCUT2D eigenvalue weighted by Gasteiger charge is -2.29. The first-order valence-electron chi connectivity index (χ1n) is 13.4. The quantitative estimate of drug-likeness (QED) is 0.242. The standard InChI is InChI=1S/C29H32F3N7O4/c1-28(2,18-39-22(15-24(37-39)29(30,31)32)21-10-7-12-33-25(21)40)36-26(41)23(14-20-16-35-38(3)17-20)43-27(42)34-13-11-19-8-5-4-6-9-19/h4-10,12,15-17,23H,11,13-14,18H2,1-3H3,(H,33,40)(H,34,42)(H,36,41)/t23-/m1/s1. The van der Waals surface area contributed by atoms with Crippen molar-refractivity contribution in [3.8, 4) is 11.3 Å². The van der Waals surface area contributed by atoms with Gasteiger partial charge in [-0.1, -0.05) is 30.3 Å². The van der Waals surface area contributed by atoms with Crippen LogP contribution in [0.25, 0.3) is 11.3 Å². The first kappa shape index (κ1) is 31.1. The number of H-pyrrole nitrogens is 1. The number of alkyl halides is 3. The van der Waals surface area contributed by atoms with E-state index in [0.717, 1.165) is 16.3 Å². The van der Waals surface area contributed by atoms with Crippen LogP contribution in [0.15, 0.2) is 71.9 Å². The number of nitrogens with zero attached hydrogens (tertiary/aromatic N) is 4. The van der Waals surface area contributed by atoms with Crippen LogP contribution < -0.4 is 16.2 Å². The normalized spacial score (nSPS) is 12.5. The third-order valence-electron chi connectivity index (χ3n) is 6.42. The highest BCUT2D eigenvalue weighted by Gasteiger charge is 2.37. The van der Waals surface area contributed by atoms with Crippen molar-refractivity contribution in [1.29, 1.82) is 0 Å². The summed E-state index contributed by atoms with van der Waals surface area (Å²) < 4.78 is 48.8. The lowest BCUT2D eigenvalue weighted by atomic mass is 10.0. The van der Waals surface area contributed by atoms with Crippen LogP contribution in [-0.4, -0.2) is 54.7 Å². The van der Waals surface area contributed by atoms with Gasteiger partial charge in [0, 0.05) is 32.4 Å². The zero-order chi connectivity index (χ0) is 31.2. The van der Waals surface area contributed by atoms with Gasteiger partial charge in [-0.15, -0.1) is 0 Å². The van der Waals surface area contributed by atoms with Crippen molar-refractivity contribution in [1.82, 2.24) is 35.2 Å². The van der Waals surface area contributed by atoms with Crippen LogP contribution in [-0.2, 0) is 42.1 Å². The van der Waals surface area contributed by atoms with E-state index in [0.29, 0.717) is 12.0 Å². The summed E-state index contributed by atoms with van der Waals surface area (Å²) in [5.74, 6) is -0.672. The molecule has 0 saturated carbocycles. The highest BCUT2D eigenvalue weighted by Crippen LogP contribution is 2.31. The fourth-order valence-corrected chi connectivity index (χ4v) is 4.45. The minimum atomic E-state index is -4.76. The summed E-state index contributed by atoms with van der Waals surface area (Å²) in [6.07, 6.45) is -1.70. The molecule has 0 saturated heterocycles. The fraction of sp³-hybridized carbons (Fsp3) is 0.345. The van der Waals surface area contributed by atoms with E-state index in [1.54, 1.807) is 27.1 Å². The Morgan fingerprint density at radius 2 is 1.84 bits per heavy atom. The molecule has 0 aliphatic heterocycles. The van der Waals surface area contributed by atoms with E-state index in [1.807, 2.05) is 30.3 Å². The molecule has 228 valence electrons. The largest absolute Gasteiger partial charge is 0.436 e.